The van der Waals surface area contributed by atoms with Gasteiger partial charge in [0.15, 0.2) is 0 Å². The third-order valence-corrected chi connectivity index (χ3v) is 5.41. The van der Waals surface area contributed by atoms with Gasteiger partial charge in [0.25, 0.3) is 5.91 Å². The highest BCUT2D eigenvalue weighted by Gasteiger charge is 2.27. The predicted molar refractivity (Wildman–Crippen MR) is 118 cm³/mol. The van der Waals surface area contributed by atoms with Crippen molar-refractivity contribution >= 4 is 39.4 Å². The number of furan rings is 1. The minimum Gasteiger partial charge on any atom is -0.449 e. The Labute approximate surface area is 182 Å². The van der Waals surface area contributed by atoms with Gasteiger partial charge in [0.1, 0.15) is 17.8 Å². The maximum Gasteiger partial charge on any atom is 0.291 e. The molecule has 5 rings (SSSR count). The number of ether oxygens (including phenoxy) is 1. The number of amides is 2. The summed E-state index contributed by atoms with van der Waals surface area (Å²) >= 11 is 0. The number of fused-ring (bicyclic) bond motifs is 2. The lowest BCUT2D eigenvalue weighted by Gasteiger charge is -2.26. The molecule has 2 aromatic carbocycles. The largest absolute Gasteiger partial charge is 0.449 e. The van der Waals surface area contributed by atoms with Gasteiger partial charge in [-0.25, -0.2) is 0 Å². The van der Waals surface area contributed by atoms with Crippen molar-refractivity contribution in [1.29, 1.82) is 0 Å². The molecule has 1 aliphatic heterocycles. The first-order valence-electron chi connectivity index (χ1n) is 10.2. The van der Waals surface area contributed by atoms with E-state index in [0.717, 1.165) is 0 Å². The summed E-state index contributed by atoms with van der Waals surface area (Å²) in [5.41, 5.74) is 1.17. The minimum absolute atomic E-state index is 0.0826. The normalized spacial score (nSPS) is 14.1. The number of carbonyl (C=O) groups excluding carboxylic acids is 2. The van der Waals surface area contributed by atoms with Gasteiger partial charge in [-0.1, -0.05) is 24.3 Å². The predicted octanol–water partition coefficient (Wildman–Crippen LogP) is 2.25. The van der Waals surface area contributed by atoms with E-state index in [2.05, 4.69) is 10.4 Å². The average Bonchev–Trinajstić information content (AvgIpc) is 3.19. The van der Waals surface area contributed by atoms with Crippen molar-refractivity contribution in [2.75, 3.05) is 31.6 Å². The number of nitrogens with zero attached hydrogens (tertiary/aromatic N) is 3. The van der Waals surface area contributed by atoms with Crippen molar-refractivity contribution < 1.29 is 18.7 Å². The van der Waals surface area contributed by atoms with E-state index in [9.17, 15) is 14.4 Å². The molecule has 3 heterocycles. The summed E-state index contributed by atoms with van der Waals surface area (Å²) in [5, 5.41) is 8.04. The van der Waals surface area contributed by atoms with Crippen molar-refractivity contribution in [2.24, 2.45) is 0 Å². The van der Waals surface area contributed by atoms with Crippen LogP contribution in [-0.4, -0.2) is 52.8 Å². The van der Waals surface area contributed by atoms with E-state index < -0.39 is 5.91 Å². The molecule has 0 spiro atoms. The number of para-hydroxylation sites is 2. The van der Waals surface area contributed by atoms with E-state index in [4.69, 9.17) is 9.15 Å². The van der Waals surface area contributed by atoms with Gasteiger partial charge in [-0.05, 0) is 24.3 Å². The van der Waals surface area contributed by atoms with Crippen LogP contribution in [0.5, 0.6) is 0 Å². The van der Waals surface area contributed by atoms with Gasteiger partial charge in [-0.2, -0.15) is 5.10 Å². The van der Waals surface area contributed by atoms with Crippen molar-refractivity contribution in [3.8, 4) is 0 Å². The zero-order chi connectivity index (χ0) is 22.1. The van der Waals surface area contributed by atoms with E-state index >= 15 is 0 Å². The Morgan fingerprint density at radius 1 is 1.00 bits per heavy atom. The van der Waals surface area contributed by atoms with Crippen molar-refractivity contribution in [1.82, 2.24) is 14.7 Å². The Morgan fingerprint density at radius 3 is 2.53 bits per heavy atom. The van der Waals surface area contributed by atoms with Gasteiger partial charge in [0, 0.05) is 23.9 Å². The molecule has 0 radical (unpaired) electrons. The summed E-state index contributed by atoms with van der Waals surface area (Å²) < 4.78 is 12.6. The van der Waals surface area contributed by atoms with E-state index in [1.54, 1.807) is 47.4 Å². The molecule has 0 atom stereocenters. The van der Waals surface area contributed by atoms with Crippen LogP contribution in [0, 0.1) is 0 Å². The first kappa shape index (κ1) is 20.0. The van der Waals surface area contributed by atoms with Gasteiger partial charge < -0.3 is 19.4 Å². The third kappa shape index (κ3) is 3.63. The lowest BCUT2D eigenvalue weighted by molar-refractivity contribution is -0.116. The van der Waals surface area contributed by atoms with Gasteiger partial charge in [-0.3, -0.25) is 19.1 Å². The smallest absolute Gasteiger partial charge is 0.291 e. The monoisotopic (exact) mass is 432 g/mol. The molecule has 2 aromatic heterocycles. The highest BCUT2D eigenvalue weighted by Crippen LogP contribution is 2.32. The summed E-state index contributed by atoms with van der Waals surface area (Å²) in [6, 6.07) is 14.1. The van der Waals surface area contributed by atoms with Crippen LogP contribution in [-0.2, 0) is 16.1 Å². The Hall–Kier alpha value is -3.98. The number of aromatic nitrogens is 2. The maximum absolute atomic E-state index is 13.1. The number of benzene rings is 2. The SMILES string of the molecule is O=C(Cn1ncc(=O)c2ccccc21)Nc1c(C(=O)N2CCOCC2)oc2ccccc12. The van der Waals surface area contributed by atoms with E-state index in [1.165, 1.54) is 10.9 Å². The minimum atomic E-state index is -0.395. The molecule has 1 fully saturated rings. The summed E-state index contributed by atoms with van der Waals surface area (Å²) in [6.45, 7) is 1.69. The number of rotatable bonds is 4. The molecule has 0 aliphatic carbocycles. The van der Waals surface area contributed by atoms with Crippen molar-refractivity contribution in [2.45, 2.75) is 6.54 Å². The van der Waals surface area contributed by atoms with Crippen LogP contribution in [0.3, 0.4) is 0 Å². The van der Waals surface area contributed by atoms with Crippen LogP contribution in [0.4, 0.5) is 5.69 Å². The number of anilines is 1. The molecule has 162 valence electrons. The standard InChI is InChI=1S/C23H20N4O5/c28-18-13-24-27(17-7-3-1-5-15(17)18)14-20(29)25-21-16-6-2-4-8-19(16)32-22(21)23(30)26-9-11-31-12-10-26/h1-8,13H,9-12,14H2,(H,25,29). The second kappa shape index (κ2) is 8.27. The van der Waals surface area contributed by atoms with E-state index in [1.807, 2.05) is 6.07 Å². The summed E-state index contributed by atoms with van der Waals surface area (Å²) in [6.07, 6.45) is 1.19. The molecular weight excluding hydrogens is 412 g/mol. The molecular formula is C23H20N4O5. The second-order valence-electron chi connectivity index (χ2n) is 7.44. The molecule has 1 saturated heterocycles. The molecule has 1 aliphatic rings. The molecule has 9 heteroatoms. The van der Waals surface area contributed by atoms with Crippen molar-refractivity contribution in [3.05, 3.63) is 70.7 Å². The summed E-state index contributed by atoms with van der Waals surface area (Å²) in [4.78, 5) is 39.8. The number of hydrogen-bond acceptors (Lipinski definition) is 6. The van der Waals surface area contributed by atoms with Crippen molar-refractivity contribution in [3.63, 3.8) is 0 Å². The quantitative estimate of drug-likeness (QED) is 0.530. The molecule has 0 unspecified atom stereocenters. The highest BCUT2D eigenvalue weighted by molar-refractivity contribution is 6.10. The van der Waals surface area contributed by atoms with Crippen LogP contribution in [0.1, 0.15) is 10.6 Å². The zero-order valence-electron chi connectivity index (χ0n) is 17.1. The summed E-state index contributed by atoms with van der Waals surface area (Å²) in [5.74, 6) is -0.611. The number of hydrogen-bond donors (Lipinski definition) is 1. The third-order valence-electron chi connectivity index (χ3n) is 5.41. The van der Waals surface area contributed by atoms with Gasteiger partial charge in [-0.15, -0.1) is 0 Å². The molecule has 4 aromatic rings. The number of carbonyl (C=O) groups is 2. The van der Waals surface area contributed by atoms with E-state index in [0.29, 0.717) is 53.9 Å². The molecule has 1 N–H and O–H groups in total. The van der Waals surface area contributed by atoms with Gasteiger partial charge in [0.05, 0.1) is 24.9 Å². The van der Waals surface area contributed by atoms with Gasteiger partial charge in [0.2, 0.25) is 17.1 Å². The topological polar surface area (TPSA) is 107 Å². The number of morpholine rings is 1. The van der Waals surface area contributed by atoms with Crippen LogP contribution < -0.4 is 10.7 Å². The average molecular weight is 432 g/mol. The first-order valence-corrected chi connectivity index (χ1v) is 10.2. The fourth-order valence-electron chi connectivity index (χ4n) is 3.83. The molecule has 0 saturated carbocycles. The van der Waals surface area contributed by atoms with Crippen LogP contribution in [0.15, 0.2) is 63.9 Å². The van der Waals surface area contributed by atoms with Crippen LogP contribution in [0.25, 0.3) is 21.9 Å². The highest BCUT2D eigenvalue weighted by atomic mass is 16.5. The zero-order valence-corrected chi connectivity index (χ0v) is 17.1. The lowest BCUT2D eigenvalue weighted by Crippen LogP contribution is -2.40. The Balaban J connectivity index is 1.47. The fourth-order valence-corrected chi connectivity index (χ4v) is 3.83. The molecule has 9 nitrogen and oxygen atoms in total. The Bertz CT molecular complexity index is 1380. The Morgan fingerprint density at radius 2 is 1.72 bits per heavy atom. The number of nitrogens with one attached hydrogen (secondary N) is 1. The molecule has 2 amide bonds. The molecule has 0 bridgehead atoms. The lowest BCUT2D eigenvalue weighted by atomic mass is 10.2. The first-order chi connectivity index (χ1) is 15.6. The molecule has 32 heavy (non-hydrogen) atoms. The van der Waals surface area contributed by atoms with Crippen LogP contribution >= 0.6 is 0 Å². The van der Waals surface area contributed by atoms with E-state index in [-0.39, 0.29) is 23.6 Å². The van der Waals surface area contributed by atoms with Gasteiger partial charge >= 0.3 is 0 Å². The fraction of sp³-hybridized carbons (Fsp3) is 0.217. The Kier molecular flexibility index (Phi) is 5.16. The second-order valence-corrected chi connectivity index (χ2v) is 7.44. The maximum atomic E-state index is 13.1. The van der Waals surface area contributed by atoms with Crippen LogP contribution in [0.2, 0.25) is 0 Å². The summed E-state index contributed by atoms with van der Waals surface area (Å²) in [7, 11) is 0.